The molecule has 0 saturated carbocycles. The van der Waals surface area contributed by atoms with Gasteiger partial charge in [0, 0.05) is 47.4 Å². The van der Waals surface area contributed by atoms with Crippen LogP contribution in [-0.4, -0.2) is 48.7 Å². The van der Waals surface area contributed by atoms with Gasteiger partial charge in [-0.05, 0) is 56.0 Å². The summed E-state index contributed by atoms with van der Waals surface area (Å²) in [5, 5.41) is 13.2. The molecule has 0 bridgehead atoms. The number of ether oxygens (including phenoxy) is 1. The number of para-hydroxylation sites is 1. The van der Waals surface area contributed by atoms with Gasteiger partial charge in [0.2, 0.25) is 0 Å². The Morgan fingerprint density at radius 2 is 1.94 bits per heavy atom. The van der Waals surface area contributed by atoms with Crippen molar-refractivity contribution in [2.75, 3.05) is 31.6 Å². The van der Waals surface area contributed by atoms with E-state index < -0.39 is 5.97 Å². The topological polar surface area (TPSA) is 91.8 Å². The Bertz CT molecular complexity index is 1240. The first kappa shape index (κ1) is 25.0. The van der Waals surface area contributed by atoms with Gasteiger partial charge in [0.15, 0.2) is 0 Å². The number of amides is 1. The summed E-state index contributed by atoms with van der Waals surface area (Å²) in [7, 11) is 1.59. The van der Waals surface area contributed by atoms with Crippen LogP contribution in [-0.2, 0) is 4.79 Å². The van der Waals surface area contributed by atoms with Crippen LogP contribution in [0.2, 0.25) is 0 Å². The lowest BCUT2D eigenvalue weighted by Crippen LogP contribution is -2.30. The second-order valence-electron chi connectivity index (χ2n) is 8.87. The van der Waals surface area contributed by atoms with Crippen LogP contribution < -0.4 is 15.0 Å². The molecule has 1 atom stereocenters. The zero-order valence-electron chi connectivity index (χ0n) is 20.0. The molecule has 1 aliphatic heterocycles. The number of nitrogens with one attached hydrogen (secondary N) is 1. The third kappa shape index (κ3) is 5.59. The van der Waals surface area contributed by atoms with Crippen molar-refractivity contribution in [1.82, 2.24) is 10.3 Å². The summed E-state index contributed by atoms with van der Waals surface area (Å²) in [4.78, 5) is 32.1. The fourth-order valence-electron chi connectivity index (χ4n) is 4.82. The molecule has 2 N–H and O–H groups in total. The van der Waals surface area contributed by atoms with Gasteiger partial charge in [-0.1, -0.05) is 34.1 Å². The molecule has 2 aromatic carbocycles. The van der Waals surface area contributed by atoms with Crippen LogP contribution in [0.15, 0.2) is 46.9 Å². The smallest absolute Gasteiger partial charge is 0.303 e. The highest BCUT2D eigenvalue weighted by Gasteiger charge is 2.25. The van der Waals surface area contributed by atoms with Crippen molar-refractivity contribution in [3.8, 4) is 5.75 Å². The summed E-state index contributed by atoms with van der Waals surface area (Å²) in [6.07, 6.45) is 2.62. The average Bonchev–Trinajstić information content (AvgIpc) is 3.38. The number of pyridine rings is 1. The second kappa shape index (κ2) is 11.1. The van der Waals surface area contributed by atoms with Crippen molar-refractivity contribution in [1.29, 1.82) is 0 Å². The van der Waals surface area contributed by atoms with E-state index in [0.29, 0.717) is 24.3 Å². The van der Waals surface area contributed by atoms with E-state index in [9.17, 15) is 14.7 Å². The van der Waals surface area contributed by atoms with Crippen LogP contribution in [0.5, 0.6) is 5.75 Å². The SMILES string of the molecule is COc1ccccc1[C@H](CCC(=O)O)CNC(=O)c1c(C)c(N2CCCC2)nc2ccc(Br)cc12. The van der Waals surface area contributed by atoms with Gasteiger partial charge in [-0.15, -0.1) is 0 Å². The highest BCUT2D eigenvalue weighted by Crippen LogP contribution is 2.33. The Kier molecular flexibility index (Phi) is 7.90. The monoisotopic (exact) mass is 539 g/mol. The maximum atomic E-state index is 13.7. The van der Waals surface area contributed by atoms with E-state index in [-0.39, 0.29) is 18.2 Å². The number of aliphatic carboxylic acids is 1. The third-order valence-electron chi connectivity index (χ3n) is 6.59. The van der Waals surface area contributed by atoms with Gasteiger partial charge < -0.3 is 20.1 Å². The second-order valence-corrected chi connectivity index (χ2v) is 9.79. The number of halogens is 1. The number of aromatic nitrogens is 1. The summed E-state index contributed by atoms with van der Waals surface area (Å²) in [5.74, 6) is 0.276. The van der Waals surface area contributed by atoms with E-state index in [0.717, 1.165) is 58.3 Å². The number of carbonyl (C=O) groups excluding carboxylic acids is 1. The molecule has 0 aliphatic carbocycles. The lowest BCUT2D eigenvalue weighted by molar-refractivity contribution is -0.137. The van der Waals surface area contributed by atoms with Gasteiger partial charge in [0.25, 0.3) is 5.91 Å². The molecular weight excluding hydrogens is 510 g/mol. The molecule has 0 spiro atoms. The lowest BCUT2D eigenvalue weighted by Gasteiger charge is -2.23. The molecule has 3 aromatic rings. The molecule has 7 nitrogen and oxygen atoms in total. The fourth-order valence-corrected chi connectivity index (χ4v) is 5.18. The predicted octanol–water partition coefficient (Wildman–Crippen LogP) is 5.29. The highest BCUT2D eigenvalue weighted by atomic mass is 79.9. The number of fused-ring (bicyclic) bond motifs is 1. The number of carboxylic acid groups (broad SMARTS) is 1. The van der Waals surface area contributed by atoms with Crippen molar-refractivity contribution in [2.45, 2.75) is 38.5 Å². The Labute approximate surface area is 213 Å². The fraction of sp³-hybridized carbons (Fsp3) is 0.370. The zero-order valence-corrected chi connectivity index (χ0v) is 21.6. The van der Waals surface area contributed by atoms with E-state index in [1.807, 2.05) is 49.4 Å². The summed E-state index contributed by atoms with van der Waals surface area (Å²) in [6.45, 7) is 4.12. The Hall–Kier alpha value is -3.13. The molecule has 1 fully saturated rings. The first-order chi connectivity index (χ1) is 16.9. The first-order valence-electron chi connectivity index (χ1n) is 11.9. The number of hydrogen-bond acceptors (Lipinski definition) is 5. The molecule has 1 saturated heterocycles. The Balaban J connectivity index is 1.67. The number of carboxylic acids is 1. The Morgan fingerprint density at radius 1 is 1.20 bits per heavy atom. The van der Waals surface area contributed by atoms with Crippen molar-refractivity contribution < 1.29 is 19.4 Å². The van der Waals surface area contributed by atoms with Crippen molar-refractivity contribution in [3.05, 3.63) is 63.6 Å². The number of anilines is 1. The number of nitrogens with zero attached hydrogens (tertiary/aromatic N) is 2. The molecule has 8 heteroatoms. The maximum Gasteiger partial charge on any atom is 0.303 e. The van der Waals surface area contributed by atoms with E-state index in [1.165, 1.54) is 0 Å². The minimum atomic E-state index is -0.868. The predicted molar refractivity (Wildman–Crippen MR) is 141 cm³/mol. The quantitative estimate of drug-likeness (QED) is 0.383. The Morgan fingerprint density at radius 3 is 2.66 bits per heavy atom. The maximum absolute atomic E-state index is 13.7. The number of hydrogen-bond donors (Lipinski definition) is 2. The van der Waals surface area contributed by atoms with E-state index in [1.54, 1.807) is 7.11 Å². The van der Waals surface area contributed by atoms with Gasteiger partial charge in [-0.3, -0.25) is 9.59 Å². The number of methoxy groups -OCH3 is 1. The van der Waals surface area contributed by atoms with Crippen LogP contribution in [0, 0.1) is 6.92 Å². The highest BCUT2D eigenvalue weighted by molar-refractivity contribution is 9.10. The van der Waals surface area contributed by atoms with Crippen LogP contribution in [0.3, 0.4) is 0 Å². The van der Waals surface area contributed by atoms with Crippen LogP contribution in [0.25, 0.3) is 10.9 Å². The molecule has 4 rings (SSSR count). The van der Waals surface area contributed by atoms with Crippen molar-refractivity contribution in [3.63, 3.8) is 0 Å². The van der Waals surface area contributed by atoms with E-state index >= 15 is 0 Å². The van der Waals surface area contributed by atoms with Gasteiger partial charge in [0.1, 0.15) is 11.6 Å². The number of benzene rings is 2. The standard InChI is InChI=1S/C27H30BrN3O4/c1-17-25(21-15-19(28)10-11-22(21)30-26(17)31-13-5-6-14-31)27(34)29-16-18(9-12-24(32)33)20-7-3-4-8-23(20)35-2/h3-4,7-8,10-11,15,18H,5-6,9,12-14,16H2,1-2H3,(H,29,34)(H,32,33)/t18-/m1/s1. The van der Waals surface area contributed by atoms with Gasteiger partial charge in [0.05, 0.1) is 18.2 Å². The van der Waals surface area contributed by atoms with Crippen LogP contribution in [0.4, 0.5) is 5.82 Å². The molecular formula is C27H30BrN3O4. The molecule has 1 aliphatic rings. The molecule has 2 heterocycles. The molecule has 1 aromatic heterocycles. The van der Waals surface area contributed by atoms with Crippen LogP contribution in [0.1, 0.15) is 53.1 Å². The van der Waals surface area contributed by atoms with Crippen LogP contribution >= 0.6 is 15.9 Å². The third-order valence-corrected chi connectivity index (χ3v) is 7.09. The van der Waals surface area contributed by atoms with Gasteiger partial charge in [-0.25, -0.2) is 4.98 Å². The normalized spacial score (nSPS) is 14.2. The minimum absolute atomic E-state index is 0.00184. The zero-order chi connectivity index (χ0) is 24.9. The van der Waals surface area contributed by atoms with Crippen molar-refractivity contribution >= 4 is 44.5 Å². The molecule has 0 unspecified atom stereocenters. The van der Waals surface area contributed by atoms with Crippen molar-refractivity contribution in [2.24, 2.45) is 0 Å². The summed E-state index contributed by atoms with van der Waals surface area (Å²) < 4.78 is 6.39. The lowest BCUT2D eigenvalue weighted by atomic mass is 9.93. The molecule has 35 heavy (non-hydrogen) atoms. The van der Waals surface area contributed by atoms with E-state index in [4.69, 9.17) is 9.72 Å². The summed E-state index contributed by atoms with van der Waals surface area (Å²) in [6, 6.07) is 13.3. The van der Waals surface area contributed by atoms with Gasteiger partial charge in [-0.2, -0.15) is 0 Å². The summed E-state index contributed by atoms with van der Waals surface area (Å²) >= 11 is 3.53. The largest absolute Gasteiger partial charge is 0.496 e. The average molecular weight is 540 g/mol. The minimum Gasteiger partial charge on any atom is -0.496 e. The van der Waals surface area contributed by atoms with E-state index in [2.05, 4.69) is 26.1 Å². The number of carbonyl (C=O) groups is 2. The molecule has 0 radical (unpaired) electrons. The summed E-state index contributed by atoms with van der Waals surface area (Å²) in [5.41, 5.74) is 3.12. The first-order valence-corrected chi connectivity index (χ1v) is 12.7. The molecule has 184 valence electrons. The van der Waals surface area contributed by atoms with Gasteiger partial charge >= 0.3 is 5.97 Å². The number of rotatable bonds is 9. The molecule has 1 amide bonds.